The van der Waals surface area contributed by atoms with Crippen LogP contribution in [0.5, 0.6) is 0 Å². The molecule has 108 valence electrons. The van der Waals surface area contributed by atoms with Crippen LogP contribution in [0.25, 0.3) is 0 Å². The van der Waals surface area contributed by atoms with Crippen LogP contribution in [0.4, 0.5) is 0 Å². The third kappa shape index (κ3) is 12.0. The van der Waals surface area contributed by atoms with Gasteiger partial charge in [0.15, 0.2) is 5.96 Å². The fourth-order valence-electron chi connectivity index (χ4n) is 1.36. The SMILES string of the molecule is CN=C(NCCCCSC)NCCOCC(C)C. The van der Waals surface area contributed by atoms with Crippen molar-refractivity contribution in [2.75, 3.05) is 45.4 Å². The molecule has 0 aliphatic rings. The largest absolute Gasteiger partial charge is 0.379 e. The van der Waals surface area contributed by atoms with Crippen LogP contribution in [0.3, 0.4) is 0 Å². The van der Waals surface area contributed by atoms with Crippen molar-refractivity contribution >= 4 is 17.7 Å². The molecule has 0 heterocycles. The van der Waals surface area contributed by atoms with Gasteiger partial charge in [-0.2, -0.15) is 11.8 Å². The zero-order valence-corrected chi connectivity index (χ0v) is 13.1. The molecule has 0 fully saturated rings. The minimum atomic E-state index is 0.596. The van der Waals surface area contributed by atoms with Gasteiger partial charge in [-0.25, -0.2) is 0 Å². The number of nitrogens with zero attached hydrogens (tertiary/aromatic N) is 1. The van der Waals surface area contributed by atoms with Crippen LogP contribution in [-0.4, -0.2) is 51.3 Å². The number of guanidine groups is 1. The van der Waals surface area contributed by atoms with E-state index >= 15 is 0 Å². The Kier molecular flexibility index (Phi) is 12.7. The lowest BCUT2D eigenvalue weighted by Crippen LogP contribution is -2.39. The lowest BCUT2D eigenvalue weighted by Gasteiger charge is -2.12. The van der Waals surface area contributed by atoms with Crippen LogP contribution < -0.4 is 10.6 Å². The molecule has 5 heteroatoms. The van der Waals surface area contributed by atoms with Gasteiger partial charge in [-0.05, 0) is 30.8 Å². The predicted molar refractivity (Wildman–Crippen MR) is 82.6 cm³/mol. The lowest BCUT2D eigenvalue weighted by molar-refractivity contribution is 0.114. The first-order valence-electron chi connectivity index (χ1n) is 6.72. The van der Waals surface area contributed by atoms with Crippen LogP contribution >= 0.6 is 11.8 Å². The van der Waals surface area contributed by atoms with E-state index in [0.717, 1.165) is 32.3 Å². The van der Waals surface area contributed by atoms with Crippen molar-refractivity contribution in [1.82, 2.24) is 10.6 Å². The normalized spacial score (nSPS) is 11.9. The van der Waals surface area contributed by atoms with Gasteiger partial charge in [0.25, 0.3) is 0 Å². The second-order valence-electron chi connectivity index (χ2n) is 4.59. The molecule has 0 saturated heterocycles. The molecular formula is C13H29N3OS. The highest BCUT2D eigenvalue weighted by Gasteiger charge is 1.97. The lowest BCUT2D eigenvalue weighted by atomic mass is 10.2. The summed E-state index contributed by atoms with van der Waals surface area (Å²) < 4.78 is 5.50. The van der Waals surface area contributed by atoms with E-state index in [0.29, 0.717) is 5.92 Å². The van der Waals surface area contributed by atoms with Gasteiger partial charge in [0.1, 0.15) is 0 Å². The summed E-state index contributed by atoms with van der Waals surface area (Å²) in [6.07, 6.45) is 4.58. The molecule has 0 rings (SSSR count). The van der Waals surface area contributed by atoms with Crippen molar-refractivity contribution in [2.45, 2.75) is 26.7 Å². The molecule has 0 unspecified atom stereocenters. The van der Waals surface area contributed by atoms with Crippen molar-refractivity contribution < 1.29 is 4.74 Å². The Morgan fingerprint density at radius 2 is 1.94 bits per heavy atom. The first-order valence-corrected chi connectivity index (χ1v) is 8.11. The Hall–Kier alpha value is -0.420. The Morgan fingerprint density at radius 1 is 1.22 bits per heavy atom. The maximum atomic E-state index is 5.50. The molecular weight excluding hydrogens is 246 g/mol. The first kappa shape index (κ1) is 17.6. The molecule has 18 heavy (non-hydrogen) atoms. The molecule has 0 atom stereocenters. The molecule has 0 saturated carbocycles. The van der Waals surface area contributed by atoms with Crippen molar-refractivity contribution in [1.29, 1.82) is 0 Å². The number of rotatable bonds is 10. The zero-order chi connectivity index (χ0) is 13.6. The summed E-state index contributed by atoms with van der Waals surface area (Å²) in [4.78, 5) is 4.17. The molecule has 0 aromatic rings. The highest BCUT2D eigenvalue weighted by Crippen LogP contribution is 1.97. The van der Waals surface area contributed by atoms with Crippen LogP contribution in [0.15, 0.2) is 4.99 Å². The van der Waals surface area contributed by atoms with Gasteiger partial charge >= 0.3 is 0 Å². The molecule has 0 amide bonds. The monoisotopic (exact) mass is 275 g/mol. The van der Waals surface area contributed by atoms with Gasteiger partial charge in [0.2, 0.25) is 0 Å². The third-order valence-electron chi connectivity index (χ3n) is 2.28. The quantitative estimate of drug-likeness (QED) is 0.363. The third-order valence-corrected chi connectivity index (χ3v) is 2.98. The van der Waals surface area contributed by atoms with Gasteiger partial charge in [0, 0.05) is 26.7 Å². The summed E-state index contributed by atoms with van der Waals surface area (Å²) in [5, 5.41) is 6.54. The molecule has 2 N–H and O–H groups in total. The molecule has 0 aliphatic heterocycles. The Balaban J connectivity index is 3.42. The van der Waals surface area contributed by atoms with E-state index < -0.39 is 0 Å². The van der Waals surface area contributed by atoms with E-state index in [1.54, 1.807) is 7.05 Å². The molecule has 0 bridgehead atoms. The van der Waals surface area contributed by atoms with E-state index in [9.17, 15) is 0 Å². The number of ether oxygens (including phenoxy) is 1. The number of nitrogens with one attached hydrogen (secondary N) is 2. The molecule has 0 radical (unpaired) electrons. The van der Waals surface area contributed by atoms with Crippen LogP contribution in [-0.2, 0) is 4.74 Å². The van der Waals surface area contributed by atoms with Crippen molar-refractivity contribution in [3.8, 4) is 0 Å². The predicted octanol–water partition coefficient (Wildman–Crippen LogP) is 1.97. The van der Waals surface area contributed by atoms with Crippen LogP contribution in [0.2, 0.25) is 0 Å². The summed E-state index contributed by atoms with van der Waals surface area (Å²) in [7, 11) is 1.80. The maximum absolute atomic E-state index is 5.50. The number of unbranched alkanes of at least 4 members (excludes halogenated alkanes) is 1. The van der Waals surface area contributed by atoms with Gasteiger partial charge in [0.05, 0.1) is 6.61 Å². The summed E-state index contributed by atoms with van der Waals surface area (Å²) in [5.74, 6) is 2.70. The summed E-state index contributed by atoms with van der Waals surface area (Å²) in [6.45, 7) is 7.64. The molecule has 0 aromatic heterocycles. The highest BCUT2D eigenvalue weighted by atomic mass is 32.2. The average molecular weight is 275 g/mol. The van der Waals surface area contributed by atoms with E-state index in [2.05, 4.69) is 35.7 Å². The minimum absolute atomic E-state index is 0.596. The molecule has 0 aromatic carbocycles. The summed E-state index contributed by atoms with van der Waals surface area (Å²) in [5.41, 5.74) is 0. The Labute approximate surface area is 116 Å². The van der Waals surface area contributed by atoms with E-state index in [-0.39, 0.29) is 0 Å². The Bertz CT molecular complexity index is 210. The second-order valence-corrected chi connectivity index (χ2v) is 5.58. The topological polar surface area (TPSA) is 45.7 Å². The second kappa shape index (κ2) is 13.0. The smallest absolute Gasteiger partial charge is 0.191 e. The fourth-order valence-corrected chi connectivity index (χ4v) is 1.85. The van der Waals surface area contributed by atoms with Gasteiger partial charge in [-0.15, -0.1) is 0 Å². The number of hydrogen-bond donors (Lipinski definition) is 2. The standard InChI is InChI=1S/C13H29N3OS/c1-12(2)11-17-9-8-16-13(14-3)15-7-5-6-10-18-4/h12H,5-11H2,1-4H3,(H2,14,15,16). The fraction of sp³-hybridized carbons (Fsp3) is 0.923. The van der Waals surface area contributed by atoms with Crippen molar-refractivity contribution in [2.24, 2.45) is 10.9 Å². The van der Waals surface area contributed by atoms with Gasteiger partial charge < -0.3 is 15.4 Å². The van der Waals surface area contributed by atoms with Crippen molar-refractivity contribution in [3.05, 3.63) is 0 Å². The highest BCUT2D eigenvalue weighted by molar-refractivity contribution is 7.98. The van der Waals surface area contributed by atoms with Crippen LogP contribution in [0, 0.1) is 5.92 Å². The van der Waals surface area contributed by atoms with E-state index in [1.165, 1.54) is 18.6 Å². The average Bonchev–Trinajstić information content (AvgIpc) is 2.35. The Morgan fingerprint density at radius 3 is 2.56 bits per heavy atom. The zero-order valence-electron chi connectivity index (χ0n) is 12.3. The maximum Gasteiger partial charge on any atom is 0.191 e. The summed E-state index contributed by atoms with van der Waals surface area (Å²) in [6, 6.07) is 0. The molecule has 4 nitrogen and oxygen atoms in total. The van der Waals surface area contributed by atoms with Crippen molar-refractivity contribution in [3.63, 3.8) is 0 Å². The summed E-state index contributed by atoms with van der Waals surface area (Å²) >= 11 is 1.90. The van der Waals surface area contributed by atoms with Gasteiger partial charge in [-0.1, -0.05) is 13.8 Å². The van der Waals surface area contributed by atoms with Crippen LogP contribution in [0.1, 0.15) is 26.7 Å². The van der Waals surface area contributed by atoms with E-state index in [1.807, 2.05) is 11.8 Å². The number of thioether (sulfide) groups is 1. The first-order chi connectivity index (χ1) is 8.70. The van der Waals surface area contributed by atoms with Gasteiger partial charge in [-0.3, -0.25) is 4.99 Å². The molecule has 0 aliphatic carbocycles. The van der Waals surface area contributed by atoms with E-state index in [4.69, 9.17) is 4.74 Å². The number of hydrogen-bond acceptors (Lipinski definition) is 3. The number of aliphatic imine (C=N–C) groups is 1. The molecule has 0 spiro atoms. The minimum Gasteiger partial charge on any atom is -0.379 e.